The quantitative estimate of drug-likeness (QED) is 0.480. The molecule has 5 heteroatoms. The van der Waals surface area contributed by atoms with Gasteiger partial charge in [0.05, 0.1) is 0 Å². The second-order valence-electron chi connectivity index (χ2n) is 7.79. The van der Waals surface area contributed by atoms with E-state index in [9.17, 15) is 4.79 Å². The summed E-state index contributed by atoms with van der Waals surface area (Å²) in [5.41, 5.74) is 3.80. The Morgan fingerprint density at radius 3 is 2.50 bits per heavy atom. The fraction of sp³-hybridized carbons (Fsp3) is 0.280. The van der Waals surface area contributed by atoms with E-state index in [4.69, 9.17) is 11.6 Å². The molecule has 4 nitrogen and oxygen atoms in total. The van der Waals surface area contributed by atoms with Crippen LogP contribution in [0.1, 0.15) is 41.8 Å². The van der Waals surface area contributed by atoms with Crippen molar-refractivity contribution in [2.24, 2.45) is 5.92 Å². The van der Waals surface area contributed by atoms with Crippen molar-refractivity contribution < 1.29 is 4.79 Å². The lowest BCUT2D eigenvalue weighted by Gasteiger charge is -2.26. The van der Waals surface area contributed by atoms with E-state index in [-0.39, 0.29) is 5.91 Å². The van der Waals surface area contributed by atoms with Gasteiger partial charge < -0.3 is 10.2 Å². The van der Waals surface area contributed by atoms with E-state index >= 15 is 0 Å². The third kappa shape index (κ3) is 6.33. The van der Waals surface area contributed by atoms with Crippen LogP contribution in [0.3, 0.4) is 0 Å². The maximum atomic E-state index is 12.5. The number of carbonyl (C=O) groups excluding carboxylic acids is 1. The van der Waals surface area contributed by atoms with Gasteiger partial charge in [0.1, 0.15) is 0 Å². The van der Waals surface area contributed by atoms with E-state index in [1.54, 1.807) is 12.4 Å². The summed E-state index contributed by atoms with van der Waals surface area (Å²) in [7, 11) is 0. The minimum atomic E-state index is -0.0924. The number of aromatic nitrogens is 1. The fourth-order valence-corrected chi connectivity index (χ4v) is 3.35. The highest BCUT2D eigenvalue weighted by Gasteiger charge is 2.12. The van der Waals surface area contributed by atoms with E-state index in [0.717, 1.165) is 41.3 Å². The van der Waals surface area contributed by atoms with Crippen molar-refractivity contribution in [3.63, 3.8) is 0 Å². The first kappa shape index (κ1) is 21.8. The summed E-state index contributed by atoms with van der Waals surface area (Å²) in [4.78, 5) is 18.9. The van der Waals surface area contributed by atoms with Crippen molar-refractivity contribution in [1.29, 1.82) is 0 Å². The van der Waals surface area contributed by atoms with Crippen molar-refractivity contribution in [3.05, 3.63) is 94.8 Å². The van der Waals surface area contributed by atoms with Crippen LogP contribution in [-0.4, -0.2) is 17.4 Å². The van der Waals surface area contributed by atoms with Gasteiger partial charge in [0.15, 0.2) is 0 Å². The van der Waals surface area contributed by atoms with Crippen molar-refractivity contribution >= 4 is 23.2 Å². The molecule has 1 heterocycles. The Hall–Kier alpha value is -2.85. The SMILES string of the molecule is CC(C)CCN(Cc1ccccc1Cl)c1ccc(C(=O)NCc2cccnc2)cc1. The minimum Gasteiger partial charge on any atom is -0.367 e. The number of pyridine rings is 1. The maximum Gasteiger partial charge on any atom is 0.251 e. The number of hydrogen-bond donors (Lipinski definition) is 1. The number of anilines is 1. The molecule has 1 N–H and O–H groups in total. The summed E-state index contributed by atoms with van der Waals surface area (Å²) in [6, 6.07) is 19.5. The molecule has 0 fully saturated rings. The normalized spacial score (nSPS) is 10.8. The summed E-state index contributed by atoms with van der Waals surface area (Å²) in [6.07, 6.45) is 4.56. The van der Waals surface area contributed by atoms with E-state index in [1.807, 2.05) is 54.6 Å². The Kier molecular flexibility index (Phi) is 7.86. The third-order valence-corrected chi connectivity index (χ3v) is 5.33. The Morgan fingerprint density at radius 1 is 1.07 bits per heavy atom. The zero-order valence-corrected chi connectivity index (χ0v) is 18.3. The third-order valence-electron chi connectivity index (χ3n) is 4.97. The lowest BCUT2D eigenvalue weighted by molar-refractivity contribution is 0.0951. The number of amides is 1. The van der Waals surface area contributed by atoms with Crippen molar-refractivity contribution in [2.45, 2.75) is 33.4 Å². The van der Waals surface area contributed by atoms with E-state index < -0.39 is 0 Å². The Bertz CT molecular complexity index is 942. The second-order valence-corrected chi connectivity index (χ2v) is 8.19. The van der Waals surface area contributed by atoms with Gasteiger partial charge in [-0.3, -0.25) is 9.78 Å². The summed E-state index contributed by atoms with van der Waals surface area (Å²) in [5, 5.41) is 3.72. The van der Waals surface area contributed by atoms with Crippen LogP contribution in [0.15, 0.2) is 73.1 Å². The number of rotatable bonds is 9. The van der Waals surface area contributed by atoms with E-state index in [0.29, 0.717) is 18.0 Å². The van der Waals surface area contributed by atoms with Crippen LogP contribution in [0.2, 0.25) is 5.02 Å². The first-order chi connectivity index (χ1) is 14.5. The number of hydrogen-bond acceptors (Lipinski definition) is 3. The zero-order valence-electron chi connectivity index (χ0n) is 17.5. The lowest BCUT2D eigenvalue weighted by Crippen LogP contribution is -2.26. The van der Waals surface area contributed by atoms with Gasteiger partial charge in [-0.25, -0.2) is 0 Å². The van der Waals surface area contributed by atoms with Crippen LogP contribution in [0, 0.1) is 5.92 Å². The highest BCUT2D eigenvalue weighted by atomic mass is 35.5. The van der Waals surface area contributed by atoms with E-state index in [1.165, 1.54) is 0 Å². The molecule has 0 aliphatic heterocycles. The van der Waals surface area contributed by atoms with Gasteiger partial charge in [0.2, 0.25) is 0 Å². The standard InChI is InChI=1S/C25H28ClN3O/c1-19(2)13-15-29(18-22-7-3-4-8-24(22)26)23-11-9-21(10-12-23)25(30)28-17-20-6-5-14-27-16-20/h3-12,14,16,19H,13,15,17-18H2,1-2H3,(H,28,30). The Balaban J connectivity index is 1.69. The lowest BCUT2D eigenvalue weighted by atomic mass is 10.1. The van der Waals surface area contributed by atoms with Crippen LogP contribution in [0.5, 0.6) is 0 Å². The monoisotopic (exact) mass is 421 g/mol. The molecule has 0 saturated carbocycles. The largest absolute Gasteiger partial charge is 0.367 e. The van der Waals surface area contributed by atoms with Crippen LogP contribution in [-0.2, 0) is 13.1 Å². The van der Waals surface area contributed by atoms with Gasteiger partial charge in [-0.15, -0.1) is 0 Å². The first-order valence-electron chi connectivity index (χ1n) is 10.3. The molecule has 30 heavy (non-hydrogen) atoms. The molecular weight excluding hydrogens is 394 g/mol. The molecule has 0 saturated heterocycles. The number of benzene rings is 2. The Labute approximate surface area is 183 Å². The molecule has 0 atom stereocenters. The number of nitrogens with zero attached hydrogens (tertiary/aromatic N) is 2. The summed E-state index contributed by atoms with van der Waals surface area (Å²) in [6.45, 7) is 6.57. The predicted octanol–water partition coefficient (Wildman–Crippen LogP) is 5.72. The number of nitrogens with one attached hydrogen (secondary N) is 1. The van der Waals surface area contributed by atoms with Crippen molar-refractivity contribution in [3.8, 4) is 0 Å². The average Bonchev–Trinajstić information content (AvgIpc) is 2.77. The van der Waals surface area contributed by atoms with Gasteiger partial charge in [0.25, 0.3) is 5.91 Å². The van der Waals surface area contributed by atoms with Crippen LogP contribution in [0.25, 0.3) is 0 Å². The first-order valence-corrected chi connectivity index (χ1v) is 10.7. The van der Waals surface area contributed by atoms with Crippen molar-refractivity contribution in [2.75, 3.05) is 11.4 Å². The van der Waals surface area contributed by atoms with Crippen LogP contribution >= 0.6 is 11.6 Å². The van der Waals surface area contributed by atoms with Gasteiger partial charge in [-0.05, 0) is 59.9 Å². The number of halogens is 1. The smallest absolute Gasteiger partial charge is 0.251 e. The fourth-order valence-electron chi connectivity index (χ4n) is 3.16. The highest BCUT2D eigenvalue weighted by molar-refractivity contribution is 6.31. The van der Waals surface area contributed by atoms with Gasteiger partial charge >= 0.3 is 0 Å². The molecule has 0 aliphatic carbocycles. The molecule has 0 bridgehead atoms. The summed E-state index contributed by atoms with van der Waals surface area (Å²) >= 11 is 6.39. The molecule has 0 aliphatic rings. The molecule has 0 unspecified atom stereocenters. The van der Waals surface area contributed by atoms with Crippen LogP contribution < -0.4 is 10.2 Å². The summed E-state index contributed by atoms with van der Waals surface area (Å²) < 4.78 is 0. The minimum absolute atomic E-state index is 0.0924. The maximum absolute atomic E-state index is 12.5. The molecule has 1 aromatic heterocycles. The van der Waals surface area contributed by atoms with Gasteiger partial charge in [-0.1, -0.05) is 49.7 Å². The average molecular weight is 422 g/mol. The molecule has 0 spiro atoms. The molecule has 2 aromatic carbocycles. The van der Waals surface area contributed by atoms with Gasteiger partial charge in [-0.2, -0.15) is 0 Å². The Morgan fingerprint density at radius 2 is 1.83 bits per heavy atom. The topological polar surface area (TPSA) is 45.2 Å². The second kappa shape index (κ2) is 10.8. The van der Waals surface area contributed by atoms with Crippen molar-refractivity contribution in [1.82, 2.24) is 10.3 Å². The van der Waals surface area contributed by atoms with E-state index in [2.05, 4.69) is 35.1 Å². The zero-order chi connectivity index (χ0) is 21.3. The molecule has 1 amide bonds. The summed E-state index contributed by atoms with van der Waals surface area (Å²) in [5.74, 6) is 0.515. The molecule has 3 rings (SSSR count). The van der Waals surface area contributed by atoms with Crippen LogP contribution in [0.4, 0.5) is 5.69 Å². The highest BCUT2D eigenvalue weighted by Crippen LogP contribution is 2.23. The molecule has 0 radical (unpaired) electrons. The number of carbonyl (C=O) groups is 1. The molecule has 156 valence electrons. The predicted molar refractivity (Wildman–Crippen MR) is 124 cm³/mol. The molecular formula is C25H28ClN3O. The van der Waals surface area contributed by atoms with Gasteiger partial charge in [0, 0.05) is 48.3 Å². The molecule has 3 aromatic rings.